The summed E-state index contributed by atoms with van der Waals surface area (Å²) in [6, 6.07) is 12.0. The van der Waals surface area contributed by atoms with Gasteiger partial charge in [0.1, 0.15) is 5.82 Å². The number of aryl methyl sites for hydroxylation is 2. The summed E-state index contributed by atoms with van der Waals surface area (Å²) in [5.41, 5.74) is 5.16. The number of nitrogens with one attached hydrogen (secondary N) is 2. The van der Waals surface area contributed by atoms with Crippen LogP contribution >= 0.6 is 11.6 Å². The standard InChI is InChI=1S/C29H26ClF2N5/c1-6-37-16-26(34-15-27(37)18(3)19(4)35-23-10-8-7-9-17(23)2)28-22(31)11-12-24(29(28)32)36-25-13-21(30)14-33-20(25)5/h6-16,35-36H,1,4H2,2-3,5H3/b27-18+. The Morgan fingerprint density at radius 2 is 1.84 bits per heavy atom. The Morgan fingerprint density at radius 3 is 2.57 bits per heavy atom. The number of hydrogen-bond donors (Lipinski definition) is 2. The quantitative estimate of drug-likeness (QED) is 0.332. The van der Waals surface area contributed by atoms with E-state index in [1.54, 1.807) is 30.3 Å². The van der Waals surface area contributed by atoms with Crippen molar-refractivity contribution >= 4 is 40.6 Å². The topological polar surface area (TPSA) is 52.5 Å². The molecule has 2 heterocycles. The molecule has 0 saturated carbocycles. The summed E-state index contributed by atoms with van der Waals surface area (Å²) in [7, 11) is 0. The molecule has 8 heteroatoms. The zero-order valence-corrected chi connectivity index (χ0v) is 21.5. The molecule has 1 aliphatic rings. The van der Waals surface area contributed by atoms with E-state index in [1.165, 1.54) is 24.5 Å². The minimum absolute atomic E-state index is 0.0677. The maximum Gasteiger partial charge on any atom is 0.159 e. The van der Waals surface area contributed by atoms with Crippen LogP contribution in [-0.2, 0) is 0 Å². The van der Waals surface area contributed by atoms with Crippen LogP contribution in [0.25, 0.3) is 5.70 Å². The minimum Gasteiger partial charge on any atom is -0.356 e. The third-order valence-corrected chi connectivity index (χ3v) is 6.21. The first-order valence-corrected chi connectivity index (χ1v) is 11.8. The highest BCUT2D eigenvalue weighted by atomic mass is 35.5. The van der Waals surface area contributed by atoms with Crippen LogP contribution in [0.1, 0.15) is 23.7 Å². The van der Waals surface area contributed by atoms with Crippen molar-refractivity contribution in [1.29, 1.82) is 0 Å². The molecule has 0 unspecified atom stereocenters. The smallest absolute Gasteiger partial charge is 0.159 e. The van der Waals surface area contributed by atoms with Crippen molar-refractivity contribution < 1.29 is 8.78 Å². The number of allylic oxidation sites excluding steroid dienone is 2. The zero-order valence-electron chi connectivity index (χ0n) is 20.7. The fraction of sp³-hybridized carbons (Fsp3) is 0.103. The first-order valence-electron chi connectivity index (χ1n) is 11.5. The Kier molecular flexibility index (Phi) is 7.55. The summed E-state index contributed by atoms with van der Waals surface area (Å²) in [6.45, 7) is 13.7. The molecule has 37 heavy (non-hydrogen) atoms. The van der Waals surface area contributed by atoms with Crippen LogP contribution in [0.2, 0.25) is 5.02 Å². The van der Waals surface area contributed by atoms with E-state index in [9.17, 15) is 4.39 Å². The van der Waals surface area contributed by atoms with Crippen LogP contribution in [0.4, 0.5) is 25.8 Å². The zero-order chi connectivity index (χ0) is 26.7. The summed E-state index contributed by atoms with van der Waals surface area (Å²) in [4.78, 5) is 10.2. The van der Waals surface area contributed by atoms with Gasteiger partial charge in [-0.25, -0.2) is 8.78 Å². The van der Waals surface area contributed by atoms with Crippen molar-refractivity contribution in [2.75, 3.05) is 10.6 Å². The number of pyridine rings is 1. The van der Waals surface area contributed by atoms with Gasteiger partial charge in [-0.3, -0.25) is 9.98 Å². The molecule has 3 aromatic rings. The van der Waals surface area contributed by atoms with Gasteiger partial charge >= 0.3 is 0 Å². The van der Waals surface area contributed by atoms with Crippen molar-refractivity contribution in [1.82, 2.24) is 9.88 Å². The largest absolute Gasteiger partial charge is 0.356 e. The van der Waals surface area contributed by atoms with Crippen molar-refractivity contribution in [2.24, 2.45) is 4.99 Å². The number of benzene rings is 2. The highest BCUT2D eigenvalue weighted by Gasteiger charge is 2.22. The molecule has 0 fully saturated rings. The molecule has 2 N–H and O–H groups in total. The van der Waals surface area contributed by atoms with E-state index in [2.05, 4.69) is 33.8 Å². The SMILES string of the molecule is C=CN1C=C(c2c(F)ccc(Nc3cc(Cl)cnc3C)c2F)N=C/C1=C(/C)C(=C)Nc1ccccc1C. The van der Waals surface area contributed by atoms with Crippen LogP contribution in [0.15, 0.2) is 96.2 Å². The first kappa shape index (κ1) is 25.9. The number of aromatic nitrogens is 1. The molecule has 4 rings (SSSR count). The second-order valence-electron chi connectivity index (χ2n) is 8.49. The summed E-state index contributed by atoms with van der Waals surface area (Å²) in [5.74, 6) is -1.53. The molecule has 2 aromatic carbocycles. The summed E-state index contributed by atoms with van der Waals surface area (Å²) in [5, 5.41) is 6.66. The van der Waals surface area contributed by atoms with Gasteiger partial charge in [0.15, 0.2) is 5.82 Å². The van der Waals surface area contributed by atoms with Gasteiger partial charge in [-0.2, -0.15) is 0 Å². The summed E-state index contributed by atoms with van der Waals surface area (Å²) in [6.07, 6.45) is 6.12. The predicted molar refractivity (Wildman–Crippen MR) is 149 cm³/mol. The van der Waals surface area contributed by atoms with Gasteiger partial charge in [0, 0.05) is 30.0 Å². The van der Waals surface area contributed by atoms with Crippen LogP contribution in [0.3, 0.4) is 0 Å². The first-order chi connectivity index (χ1) is 17.7. The Morgan fingerprint density at radius 1 is 1.08 bits per heavy atom. The van der Waals surface area contributed by atoms with Crippen molar-refractivity contribution in [3.05, 3.63) is 125 Å². The van der Waals surface area contributed by atoms with Crippen molar-refractivity contribution in [3.8, 4) is 0 Å². The lowest BCUT2D eigenvalue weighted by atomic mass is 10.1. The van der Waals surface area contributed by atoms with Crippen molar-refractivity contribution in [3.63, 3.8) is 0 Å². The number of hydrogen-bond acceptors (Lipinski definition) is 5. The second kappa shape index (κ2) is 10.8. The van der Waals surface area contributed by atoms with E-state index in [0.29, 0.717) is 27.8 Å². The van der Waals surface area contributed by atoms with E-state index in [-0.39, 0.29) is 16.9 Å². The van der Waals surface area contributed by atoms with E-state index in [0.717, 1.165) is 16.8 Å². The van der Waals surface area contributed by atoms with E-state index in [4.69, 9.17) is 11.6 Å². The second-order valence-corrected chi connectivity index (χ2v) is 8.92. The molecule has 0 amide bonds. The fourth-order valence-corrected chi connectivity index (χ4v) is 3.95. The van der Waals surface area contributed by atoms with Crippen molar-refractivity contribution in [2.45, 2.75) is 20.8 Å². The fourth-order valence-electron chi connectivity index (χ4n) is 3.79. The molecule has 0 spiro atoms. The normalized spacial score (nSPS) is 14.2. The van der Waals surface area contributed by atoms with E-state index in [1.807, 2.05) is 38.1 Å². The van der Waals surface area contributed by atoms with Crippen LogP contribution in [0.5, 0.6) is 0 Å². The van der Waals surface area contributed by atoms with Gasteiger partial charge in [0.25, 0.3) is 0 Å². The molecule has 188 valence electrons. The lowest BCUT2D eigenvalue weighted by molar-refractivity contribution is 0.576. The van der Waals surface area contributed by atoms with E-state index < -0.39 is 11.6 Å². The Balaban J connectivity index is 1.66. The third kappa shape index (κ3) is 5.47. The molecule has 1 aliphatic heterocycles. The molecule has 5 nitrogen and oxygen atoms in total. The third-order valence-electron chi connectivity index (χ3n) is 6.00. The molecule has 1 aromatic heterocycles. The Labute approximate surface area is 220 Å². The van der Waals surface area contributed by atoms with Gasteiger partial charge < -0.3 is 15.5 Å². The summed E-state index contributed by atoms with van der Waals surface area (Å²) < 4.78 is 30.5. The molecule has 0 saturated heterocycles. The van der Waals surface area contributed by atoms with E-state index >= 15 is 4.39 Å². The Hall–Kier alpha value is -4.23. The van der Waals surface area contributed by atoms with Gasteiger partial charge in [0.2, 0.25) is 0 Å². The van der Waals surface area contributed by atoms with Gasteiger partial charge in [-0.15, -0.1) is 0 Å². The number of rotatable bonds is 7. The number of anilines is 3. The highest BCUT2D eigenvalue weighted by Crippen LogP contribution is 2.34. The molecule has 0 bridgehead atoms. The monoisotopic (exact) mass is 517 g/mol. The number of nitrogens with zero attached hydrogens (tertiary/aromatic N) is 3. The maximum atomic E-state index is 15.6. The van der Waals surface area contributed by atoms with Gasteiger partial charge in [0.05, 0.1) is 45.3 Å². The number of para-hydroxylation sites is 1. The molecule has 0 atom stereocenters. The molecular formula is C29H26ClF2N5. The minimum atomic E-state index is -0.790. The number of halogens is 3. The van der Waals surface area contributed by atoms with Crippen LogP contribution in [-0.4, -0.2) is 16.1 Å². The van der Waals surface area contributed by atoms with Crippen LogP contribution in [0, 0.1) is 25.5 Å². The Bertz CT molecular complexity index is 1490. The molecular weight excluding hydrogens is 492 g/mol. The average molecular weight is 518 g/mol. The van der Waals surface area contributed by atoms with Crippen LogP contribution < -0.4 is 10.6 Å². The predicted octanol–water partition coefficient (Wildman–Crippen LogP) is 8.10. The van der Waals surface area contributed by atoms with Gasteiger partial charge in [-0.05, 0) is 56.2 Å². The lowest BCUT2D eigenvalue weighted by Gasteiger charge is -2.25. The molecule has 0 aliphatic carbocycles. The summed E-state index contributed by atoms with van der Waals surface area (Å²) >= 11 is 6.03. The number of aliphatic imine (C=N–C) groups is 1. The van der Waals surface area contributed by atoms with Gasteiger partial charge in [-0.1, -0.05) is 43.0 Å². The molecule has 0 radical (unpaired) electrons. The average Bonchev–Trinajstić information content (AvgIpc) is 2.88. The highest BCUT2D eigenvalue weighted by molar-refractivity contribution is 6.30. The maximum absolute atomic E-state index is 15.6. The lowest BCUT2D eigenvalue weighted by Crippen LogP contribution is -2.18.